The van der Waals surface area contributed by atoms with Crippen LogP contribution in [0.3, 0.4) is 0 Å². The molecule has 0 fully saturated rings. The van der Waals surface area contributed by atoms with Crippen LogP contribution in [0.2, 0.25) is 5.02 Å². The highest BCUT2D eigenvalue weighted by atomic mass is 35.5. The Balaban J connectivity index is 1.46. The molecule has 0 N–H and O–H groups in total. The molecule has 4 rings (SSSR count). The SMILES string of the molecule is O=C(OCc1ccccc1)[C@@H]1COC(c2cccc(Cl)c2OCc2ccccc2)=N1. The quantitative estimate of drug-likeness (QED) is 0.514. The van der Waals surface area contributed by atoms with Gasteiger partial charge in [0, 0.05) is 0 Å². The van der Waals surface area contributed by atoms with Gasteiger partial charge in [-0.3, -0.25) is 0 Å². The number of hydrogen-bond acceptors (Lipinski definition) is 5. The molecule has 6 heteroatoms. The van der Waals surface area contributed by atoms with E-state index >= 15 is 0 Å². The fraction of sp³-hybridized carbons (Fsp3) is 0.167. The number of halogens is 1. The van der Waals surface area contributed by atoms with Gasteiger partial charge in [-0.2, -0.15) is 0 Å². The molecule has 3 aromatic carbocycles. The van der Waals surface area contributed by atoms with E-state index in [1.165, 1.54) is 0 Å². The number of nitrogens with zero attached hydrogens (tertiary/aromatic N) is 1. The Kier molecular flexibility index (Phi) is 6.30. The zero-order valence-corrected chi connectivity index (χ0v) is 16.9. The highest BCUT2D eigenvalue weighted by Gasteiger charge is 2.30. The van der Waals surface area contributed by atoms with Crippen molar-refractivity contribution in [2.24, 2.45) is 4.99 Å². The van der Waals surface area contributed by atoms with Crippen LogP contribution in [-0.4, -0.2) is 24.5 Å². The molecule has 0 bridgehead atoms. The summed E-state index contributed by atoms with van der Waals surface area (Å²) >= 11 is 6.36. The first-order chi connectivity index (χ1) is 14.7. The van der Waals surface area contributed by atoms with Crippen LogP contribution < -0.4 is 4.74 Å². The van der Waals surface area contributed by atoms with E-state index in [0.717, 1.165) is 11.1 Å². The summed E-state index contributed by atoms with van der Waals surface area (Å²) in [6.07, 6.45) is 0. The van der Waals surface area contributed by atoms with Gasteiger partial charge in [0.05, 0.1) is 10.6 Å². The van der Waals surface area contributed by atoms with Crippen LogP contribution in [0.5, 0.6) is 5.75 Å². The van der Waals surface area contributed by atoms with Crippen LogP contribution in [0, 0.1) is 0 Å². The standard InChI is InChI=1S/C24H20ClNO4/c25-20-13-7-12-19(22(20)28-14-17-8-3-1-4-9-17)23-26-21(16-29-23)24(27)30-15-18-10-5-2-6-11-18/h1-13,21H,14-16H2/t21-/m0/s1. The molecule has 0 spiro atoms. The Labute approximate surface area is 179 Å². The first-order valence-electron chi connectivity index (χ1n) is 9.57. The van der Waals surface area contributed by atoms with Crippen molar-refractivity contribution in [2.45, 2.75) is 19.3 Å². The van der Waals surface area contributed by atoms with E-state index in [-0.39, 0.29) is 13.2 Å². The van der Waals surface area contributed by atoms with E-state index in [4.69, 9.17) is 25.8 Å². The van der Waals surface area contributed by atoms with E-state index < -0.39 is 12.0 Å². The molecule has 0 radical (unpaired) electrons. The number of para-hydroxylation sites is 1. The molecule has 1 atom stereocenters. The summed E-state index contributed by atoms with van der Waals surface area (Å²) in [5, 5.41) is 0.449. The smallest absolute Gasteiger partial charge is 0.334 e. The number of carbonyl (C=O) groups excluding carboxylic acids is 1. The summed E-state index contributed by atoms with van der Waals surface area (Å²) in [5.74, 6) is 0.366. The Morgan fingerprint density at radius 1 is 0.933 bits per heavy atom. The van der Waals surface area contributed by atoms with Crippen LogP contribution in [0.15, 0.2) is 83.9 Å². The molecule has 30 heavy (non-hydrogen) atoms. The second-order valence-electron chi connectivity index (χ2n) is 6.75. The third-order valence-corrected chi connectivity index (χ3v) is 4.87. The van der Waals surface area contributed by atoms with Gasteiger partial charge in [-0.1, -0.05) is 78.3 Å². The molecule has 3 aromatic rings. The second kappa shape index (κ2) is 9.46. The van der Waals surface area contributed by atoms with E-state index in [1.54, 1.807) is 12.1 Å². The van der Waals surface area contributed by atoms with Crippen molar-refractivity contribution in [3.8, 4) is 5.75 Å². The molecule has 5 nitrogen and oxygen atoms in total. The Morgan fingerprint density at radius 3 is 2.30 bits per heavy atom. The zero-order valence-electron chi connectivity index (χ0n) is 16.2. The summed E-state index contributed by atoms with van der Waals surface area (Å²) in [5.41, 5.74) is 2.54. The van der Waals surface area contributed by atoms with Gasteiger partial charge in [-0.15, -0.1) is 0 Å². The van der Waals surface area contributed by atoms with E-state index in [0.29, 0.717) is 28.8 Å². The van der Waals surface area contributed by atoms with E-state index in [9.17, 15) is 4.79 Å². The molecule has 0 aromatic heterocycles. The fourth-order valence-corrected chi connectivity index (χ4v) is 3.25. The maximum Gasteiger partial charge on any atom is 0.334 e. The van der Waals surface area contributed by atoms with Crippen molar-refractivity contribution in [3.05, 3.63) is 101 Å². The van der Waals surface area contributed by atoms with Crippen LogP contribution in [0.4, 0.5) is 0 Å². The molecule has 0 amide bonds. The van der Waals surface area contributed by atoms with Crippen LogP contribution in [0.1, 0.15) is 16.7 Å². The van der Waals surface area contributed by atoms with Gasteiger partial charge >= 0.3 is 5.97 Å². The molecule has 0 aliphatic carbocycles. The van der Waals surface area contributed by atoms with Crippen molar-refractivity contribution < 1.29 is 19.0 Å². The maximum absolute atomic E-state index is 12.4. The lowest BCUT2D eigenvalue weighted by Crippen LogP contribution is -2.22. The average Bonchev–Trinajstić information content (AvgIpc) is 3.28. The van der Waals surface area contributed by atoms with Gasteiger partial charge in [0.25, 0.3) is 0 Å². The summed E-state index contributed by atoms with van der Waals surface area (Å²) in [4.78, 5) is 16.8. The minimum Gasteiger partial charge on any atom is -0.487 e. The fourth-order valence-electron chi connectivity index (χ4n) is 3.02. The molecule has 0 saturated heterocycles. The molecule has 0 saturated carbocycles. The van der Waals surface area contributed by atoms with Gasteiger partial charge in [0.2, 0.25) is 5.90 Å². The lowest BCUT2D eigenvalue weighted by Gasteiger charge is -2.13. The van der Waals surface area contributed by atoms with Gasteiger partial charge in [-0.05, 0) is 23.3 Å². The third-order valence-electron chi connectivity index (χ3n) is 4.57. The average molecular weight is 422 g/mol. The normalized spacial score (nSPS) is 15.2. The van der Waals surface area contributed by atoms with Crippen LogP contribution in [-0.2, 0) is 27.5 Å². The lowest BCUT2D eigenvalue weighted by atomic mass is 10.2. The summed E-state index contributed by atoms with van der Waals surface area (Å²) in [7, 11) is 0. The summed E-state index contributed by atoms with van der Waals surface area (Å²) < 4.78 is 17.0. The Hall–Kier alpha value is -3.31. The third kappa shape index (κ3) is 4.81. The predicted octanol–water partition coefficient (Wildman–Crippen LogP) is 4.81. The van der Waals surface area contributed by atoms with Gasteiger partial charge in [0.15, 0.2) is 11.8 Å². The van der Waals surface area contributed by atoms with Crippen molar-refractivity contribution in [1.29, 1.82) is 0 Å². The minimum atomic E-state index is -0.718. The molecule has 1 heterocycles. The molecule has 1 aliphatic heterocycles. The van der Waals surface area contributed by atoms with Gasteiger partial charge in [-0.25, -0.2) is 9.79 Å². The van der Waals surface area contributed by atoms with Crippen molar-refractivity contribution >= 4 is 23.5 Å². The van der Waals surface area contributed by atoms with Crippen molar-refractivity contribution in [2.75, 3.05) is 6.61 Å². The molecule has 1 aliphatic rings. The topological polar surface area (TPSA) is 57.1 Å². The summed E-state index contributed by atoms with van der Waals surface area (Å²) in [6.45, 7) is 0.671. The second-order valence-corrected chi connectivity index (χ2v) is 7.15. The Bertz CT molecular complexity index is 1040. The number of rotatable bonds is 7. The predicted molar refractivity (Wildman–Crippen MR) is 115 cm³/mol. The van der Waals surface area contributed by atoms with Gasteiger partial charge < -0.3 is 14.2 Å². The number of benzene rings is 3. The summed E-state index contributed by atoms with van der Waals surface area (Å²) in [6, 6.07) is 23.9. The Morgan fingerprint density at radius 2 is 1.60 bits per heavy atom. The van der Waals surface area contributed by atoms with Crippen molar-refractivity contribution in [1.82, 2.24) is 0 Å². The first kappa shape index (κ1) is 20.0. The number of aliphatic imine (C=N–C) groups is 1. The number of carbonyl (C=O) groups is 1. The maximum atomic E-state index is 12.4. The van der Waals surface area contributed by atoms with E-state index in [1.807, 2.05) is 66.7 Å². The first-order valence-corrected chi connectivity index (χ1v) is 9.95. The highest BCUT2D eigenvalue weighted by molar-refractivity contribution is 6.32. The zero-order chi connectivity index (χ0) is 20.8. The monoisotopic (exact) mass is 421 g/mol. The number of ether oxygens (including phenoxy) is 3. The largest absolute Gasteiger partial charge is 0.487 e. The van der Waals surface area contributed by atoms with Crippen LogP contribution in [0.25, 0.3) is 0 Å². The van der Waals surface area contributed by atoms with Crippen LogP contribution >= 0.6 is 11.6 Å². The lowest BCUT2D eigenvalue weighted by molar-refractivity contribution is -0.146. The molecule has 0 unspecified atom stereocenters. The van der Waals surface area contributed by atoms with E-state index in [2.05, 4.69) is 4.99 Å². The van der Waals surface area contributed by atoms with Crippen molar-refractivity contribution in [3.63, 3.8) is 0 Å². The number of esters is 1. The minimum absolute atomic E-state index is 0.119. The molecular weight excluding hydrogens is 402 g/mol. The highest BCUT2D eigenvalue weighted by Crippen LogP contribution is 2.31. The molecule has 152 valence electrons. The van der Waals surface area contributed by atoms with Gasteiger partial charge in [0.1, 0.15) is 19.8 Å². The number of hydrogen-bond donors (Lipinski definition) is 0. The molecular formula is C24H20ClNO4.